The third-order valence-corrected chi connectivity index (χ3v) is 3.00. The molecule has 1 heterocycles. The molecule has 0 saturated heterocycles. The molecule has 0 unspecified atom stereocenters. The number of nitrogens with zero attached hydrogens (tertiary/aromatic N) is 1. The van der Waals surface area contributed by atoms with Crippen molar-refractivity contribution >= 4 is 11.8 Å². The zero-order valence-electron chi connectivity index (χ0n) is 8.58. The topological polar surface area (TPSA) is 12.9 Å². The summed E-state index contributed by atoms with van der Waals surface area (Å²) in [5, 5.41) is 0.700. The van der Waals surface area contributed by atoms with E-state index < -0.39 is 0 Å². The summed E-state index contributed by atoms with van der Waals surface area (Å²) < 4.78 is 0. The third-order valence-electron chi connectivity index (χ3n) is 1.83. The number of aromatic nitrogens is 1. The van der Waals surface area contributed by atoms with E-state index in [4.69, 9.17) is 0 Å². The van der Waals surface area contributed by atoms with Gasteiger partial charge in [-0.3, -0.25) is 4.98 Å². The second kappa shape index (κ2) is 5.28. The Morgan fingerprint density at radius 1 is 1.38 bits per heavy atom. The Morgan fingerprint density at radius 3 is 2.62 bits per heavy atom. The molecule has 0 saturated carbocycles. The van der Waals surface area contributed by atoms with Crippen molar-refractivity contribution in [3.63, 3.8) is 0 Å². The minimum atomic E-state index is 0.700. The Hall–Kier alpha value is -0.500. The average molecular weight is 195 g/mol. The van der Waals surface area contributed by atoms with Crippen molar-refractivity contribution < 1.29 is 0 Å². The van der Waals surface area contributed by atoms with Crippen molar-refractivity contribution in [1.29, 1.82) is 0 Å². The second-order valence-corrected chi connectivity index (χ2v) is 4.94. The van der Waals surface area contributed by atoms with Crippen LogP contribution in [0.25, 0.3) is 0 Å². The molecule has 72 valence electrons. The highest BCUT2D eigenvalue weighted by atomic mass is 32.2. The van der Waals surface area contributed by atoms with Crippen LogP contribution in [0.2, 0.25) is 0 Å². The molecule has 13 heavy (non-hydrogen) atoms. The Labute approximate surface area is 85.0 Å². The first-order valence-corrected chi connectivity index (χ1v) is 5.82. The Balaban J connectivity index is 2.49. The summed E-state index contributed by atoms with van der Waals surface area (Å²) >= 11 is 1.96. The SMILES string of the molecule is CCc1ccc(CSC(C)C)cn1. The molecule has 0 atom stereocenters. The van der Waals surface area contributed by atoms with Crippen LogP contribution in [0, 0.1) is 0 Å². The van der Waals surface area contributed by atoms with Gasteiger partial charge in [-0.15, -0.1) is 0 Å². The van der Waals surface area contributed by atoms with Gasteiger partial charge in [-0.1, -0.05) is 26.8 Å². The van der Waals surface area contributed by atoms with Crippen LogP contribution < -0.4 is 0 Å². The van der Waals surface area contributed by atoms with Crippen LogP contribution in [0.15, 0.2) is 18.3 Å². The number of rotatable bonds is 4. The van der Waals surface area contributed by atoms with Gasteiger partial charge >= 0.3 is 0 Å². The minimum Gasteiger partial charge on any atom is -0.261 e. The Bertz CT molecular complexity index is 241. The summed E-state index contributed by atoms with van der Waals surface area (Å²) in [6.07, 6.45) is 3.02. The zero-order valence-corrected chi connectivity index (χ0v) is 9.40. The van der Waals surface area contributed by atoms with E-state index in [0.29, 0.717) is 5.25 Å². The maximum absolute atomic E-state index is 4.36. The van der Waals surface area contributed by atoms with E-state index >= 15 is 0 Å². The minimum absolute atomic E-state index is 0.700. The molecule has 0 aliphatic heterocycles. The number of thioether (sulfide) groups is 1. The van der Waals surface area contributed by atoms with Gasteiger partial charge in [0.15, 0.2) is 0 Å². The molecule has 1 rings (SSSR count). The Morgan fingerprint density at radius 2 is 2.15 bits per heavy atom. The van der Waals surface area contributed by atoms with Crippen LogP contribution >= 0.6 is 11.8 Å². The maximum atomic E-state index is 4.36. The molecule has 2 heteroatoms. The lowest BCUT2D eigenvalue weighted by atomic mass is 10.2. The fourth-order valence-electron chi connectivity index (χ4n) is 1.01. The summed E-state index contributed by atoms with van der Waals surface area (Å²) in [5.41, 5.74) is 2.51. The first kappa shape index (κ1) is 10.6. The number of pyridine rings is 1. The largest absolute Gasteiger partial charge is 0.261 e. The smallest absolute Gasteiger partial charge is 0.0401 e. The van der Waals surface area contributed by atoms with Gasteiger partial charge in [-0.2, -0.15) is 11.8 Å². The highest BCUT2D eigenvalue weighted by Crippen LogP contribution is 2.16. The standard InChI is InChI=1S/C11H17NS/c1-4-11-6-5-10(7-12-11)8-13-9(2)3/h5-7,9H,4,8H2,1-3H3. The number of hydrogen-bond acceptors (Lipinski definition) is 2. The second-order valence-electron chi connectivity index (χ2n) is 3.37. The van der Waals surface area contributed by atoms with Crippen molar-refractivity contribution in [1.82, 2.24) is 4.98 Å². The third kappa shape index (κ3) is 3.81. The number of hydrogen-bond donors (Lipinski definition) is 0. The van der Waals surface area contributed by atoms with Crippen LogP contribution in [0.3, 0.4) is 0 Å². The summed E-state index contributed by atoms with van der Waals surface area (Å²) in [7, 11) is 0. The monoisotopic (exact) mass is 195 g/mol. The molecule has 0 radical (unpaired) electrons. The predicted octanol–water partition coefficient (Wildman–Crippen LogP) is 3.29. The van der Waals surface area contributed by atoms with E-state index in [-0.39, 0.29) is 0 Å². The van der Waals surface area contributed by atoms with E-state index in [1.165, 1.54) is 11.3 Å². The fraction of sp³-hybridized carbons (Fsp3) is 0.545. The van der Waals surface area contributed by atoms with Gasteiger partial charge in [0.25, 0.3) is 0 Å². The van der Waals surface area contributed by atoms with Crippen LogP contribution in [-0.4, -0.2) is 10.2 Å². The molecule has 0 fully saturated rings. The predicted molar refractivity (Wildman–Crippen MR) is 60.0 cm³/mol. The molecule has 1 aromatic rings. The molecule has 0 bridgehead atoms. The van der Waals surface area contributed by atoms with Crippen molar-refractivity contribution in [3.8, 4) is 0 Å². The van der Waals surface area contributed by atoms with Gasteiger partial charge < -0.3 is 0 Å². The summed E-state index contributed by atoms with van der Waals surface area (Å²) in [6.45, 7) is 6.57. The van der Waals surface area contributed by atoms with E-state index in [0.717, 1.165) is 12.2 Å². The fourth-order valence-corrected chi connectivity index (χ4v) is 1.71. The van der Waals surface area contributed by atoms with Crippen LogP contribution in [0.4, 0.5) is 0 Å². The first-order chi connectivity index (χ1) is 6.22. The van der Waals surface area contributed by atoms with E-state index in [1.54, 1.807) is 0 Å². The van der Waals surface area contributed by atoms with Crippen molar-refractivity contribution in [3.05, 3.63) is 29.6 Å². The summed E-state index contributed by atoms with van der Waals surface area (Å²) in [4.78, 5) is 4.36. The van der Waals surface area contributed by atoms with Gasteiger partial charge in [0, 0.05) is 17.6 Å². The summed E-state index contributed by atoms with van der Waals surface area (Å²) in [6, 6.07) is 4.30. The number of aryl methyl sites for hydroxylation is 1. The summed E-state index contributed by atoms with van der Waals surface area (Å²) in [5.74, 6) is 1.08. The first-order valence-electron chi connectivity index (χ1n) is 4.77. The van der Waals surface area contributed by atoms with Crippen LogP contribution in [0.1, 0.15) is 32.0 Å². The maximum Gasteiger partial charge on any atom is 0.0401 e. The lowest BCUT2D eigenvalue weighted by Crippen LogP contribution is -1.91. The average Bonchev–Trinajstić information content (AvgIpc) is 2.15. The highest BCUT2D eigenvalue weighted by molar-refractivity contribution is 7.99. The molecule has 0 aliphatic carbocycles. The molecule has 1 nitrogen and oxygen atoms in total. The van der Waals surface area contributed by atoms with Gasteiger partial charge in [-0.25, -0.2) is 0 Å². The van der Waals surface area contributed by atoms with Gasteiger partial charge in [0.1, 0.15) is 0 Å². The normalized spacial score (nSPS) is 10.8. The molecule has 0 aliphatic rings. The van der Waals surface area contributed by atoms with Gasteiger partial charge in [0.05, 0.1) is 0 Å². The van der Waals surface area contributed by atoms with Gasteiger partial charge in [-0.05, 0) is 23.3 Å². The van der Waals surface area contributed by atoms with Crippen molar-refractivity contribution in [2.45, 2.75) is 38.2 Å². The molecule has 0 aromatic carbocycles. The van der Waals surface area contributed by atoms with E-state index in [9.17, 15) is 0 Å². The molecular weight excluding hydrogens is 178 g/mol. The molecule has 0 N–H and O–H groups in total. The highest BCUT2D eigenvalue weighted by Gasteiger charge is 1.97. The van der Waals surface area contributed by atoms with Gasteiger partial charge in [0.2, 0.25) is 0 Å². The van der Waals surface area contributed by atoms with Crippen LogP contribution in [0.5, 0.6) is 0 Å². The zero-order chi connectivity index (χ0) is 9.68. The molecule has 0 spiro atoms. The van der Waals surface area contributed by atoms with E-state index in [2.05, 4.69) is 37.9 Å². The molecular formula is C11H17NS. The lowest BCUT2D eigenvalue weighted by molar-refractivity contribution is 1.02. The van der Waals surface area contributed by atoms with Crippen molar-refractivity contribution in [2.75, 3.05) is 0 Å². The van der Waals surface area contributed by atoms with Crippen LogP contribution in [-0.2, 0) is 12.2 Å². The molecule has 1 aromatic heterocycles. The lowest BCUT2D eigenvalue weighted by Gasteiger charge is -2.04. The Kier molecular flexibility index (Phi) is 4.29. The quantitative estimate of drug-likeness (QED) is 0.731. The van der Waals surface area contributed by atoms with E-state index in [1.807, 2.05) is 18.0 Å². The van der Waals surface area contributed by atoms with Crippen molar-refractivity contribution in [2.24, 2.45) is 0 Å². The molecule has 0 amide bonds.